The Balaban J connectivity index is 2.36. The molecule has 1 atom stereocenters. The number of aromatic nitrogens is 1. The van der Waals surface area contributed by atoms with Crippen LogP contribution in [0.3, 0.4) is 0 Å². The number of hydrogen-bond donors (Lipinski definition) is 6. The van der Waals surface area contributed by atoms with Crippen LogP contribution < -0.4 is 21.7 Å². The molecule has 3 rings (SSSR count). The van der Waals surface area contributed by atoms with Gasteiger partial charge in [-0.25, -0.2) is 9.37 Å². The number of allylic oxidation sites excluding steroid dienone is 2. The van der Waals surface area contributed by atoms with Gasteiger partial charge in [-0.15, -0.1) is 0 Å². The van der Waals surface area contributed by atoms with Crippen LogP contribution in [0.4, 0.5) is 15.9 Å². The van der Waals surface area contributed by atoms with Gasteiger partial charge in [-0.05, 0) is 55.7 Å². The van der Waals surface area contributed by atoms with E-state index in [9.17, 15) is 4.39 Å². The van der Waals surface area contributed by atoms with Crippen molar-refractivity contribution in [3.63, 3.8) is 0 Å². The van der Waals surface area contributed by atoms with E-state index in [-0.39, 0.29) is 17.6 Å². The maximum absolute atomic E-state index is 14.2. The van der Waals surface area contributed by atoms with E-state index in [0.717, 1.165) is 16.8 Å². The molecule has 2 heterocycles. The lowest BCUT2D eigenvalue weighted by Gasteiger charge is -2.25. The summed E-state index contributed by atoms with van der Waals surface area (Å²) in [5.74, 6) is -0.0431. The highest BCUT2D eigenvalue weighted by Crippen LogP contribution is 2.33. The number of nitrogen functional groups attached to an aromatic ring is 1. The molecular weight excluding hydrogens is 417 g/mol. The van der Waals surface area contributed by atoms with Crippen molar-refractivity contribution < 1.29 is 4.39 Å². The van der Waals surface area contributed by atoms with Crippen LogP contribution in [0, 0.1) is 16.6 Å². The van der Waals surface area contributed by atoms with Crippen molar-refractivity contribution in [3.05, 3.63) is 70.3 Å². The Morgan fingerprint density at radius 2 is 2.09 bits per heavy atom. The molecular formula is C25H32FN7. The fourth-order valence-electron chi connectivity index (χ4n) is 4.03. The summed E-state index contributed by atoms with van der Waals surface area (Å²) in [6.45, 7) is 6.50. The number of benzene rings is 1. The molecule has 0 amide bonds. The highest BCUT2D eigenvalue weighted by Gasteiger charge is 2.23. The zero-order chi connectivity index (χ0) is 24.1. The smallest absolute Gasteiger partial charge is 0.146 e. The number of anilines is 2. The minimum Gasteiger partial charge on any atom is -0.394 e. The fraction of sp³-hybridized carbons (Fsp3) is 0.320. The molecule has 174 valence electrons. The van der Waals surface area contributed by atoms with Crippen LogP contribution in [0.15, 0.2) is 47.8 Å². The quantitative estimate of drug-likeness (QED) is 0.372. The van der Waals surface area contributed by atoms with Gasteiger partial charge < -0.3 is 27.1 Å². The van der Waals surface area contributed by atoms with Crippen molar-refractivity contribution in [2.75, 3.05) is 24.6 Å². The van der Waals surface area contributed by atoms with E-state index in [1.807, 2.05) is 26.8 Å². The average Bonchev–Trinajstić information content (AvgIpc) is 2.80. The van der Waals surface area contributed by atoms with Crippen molar-refractivity contribution in [2.24, 2.45) is 0 Å². The zero-order valence-corrected chi connectivity index (χ0v) is 19.6. The Morgan fingerprint density at radius 1 is 1.33 bits per heavy atom. The van der Waals surface area contributed by atoms with Gasteiger partial charge in [0.15, 0.2) is 0 Å². The molecule has 0 unspecified atom stereocenters. The molecule has 2 aromatic rings. The number of pyridine rings is 1. The lowest BCUT2D eigenvalue weighted by Crippen LogP contribution is -2.22. The van der Waals surface area contributed by atoms with Crippen LogP contribution in [0.5, 0.6) is 0 Å². The first-order valence-corrected chi connectivity index (χ1v) is 11.1. The Morgan fingerprint density at radius 3 is 2.76 bits per heavy atom. The molecule has 1 aromatic heterocycles. The number of rotatable bonds is 5. The number of hydrogen-bond acceptors (Lipinski definition) is 7. The van der Waals surface area contributed by atoms with E-state index in [4.69, 9.17) is 16.6 Å². The van der Waals surface area contributed by atoms with Crippen molar-refractivity contribution >= 4 is 28.6 Å². The van der Waals surface area contributed by atoms with E-state index in [1.54, 1.807) is 25.5 Å². The van der Waals surface area contributed by atoms with Gasteiger partial charge in [0.25, 0.3) is 0 Å². The molecule has 0 fully saturated rings. The topological polar surface area (TPSA) is 123 Å². The SMILES string of the molecule is CCN/C1=C(\C(=N)CC)C/C(=C/NC)C(=N)c2ccc(F)cc2[C@@H](C)Nc2cc1cnc2N. The highest BCUT2D eigenvalue weighted by atomic mass is 19.1. The monoisotopic (exact) mass is 449 g/mol. The number of nitrogens with zero attached hydrogens (tertiary/aromatic N) is 1. The number of nitrogens with two attached hydrogens (primary N) is 1. The van der Waals surface area contributed by atoms with Crippen molar-refractivity contribution in [3.8, 4) is 0 Å². The first-order valence-electron chi connectivity index (χ1n) is 11.1. The van der Waals surface area contributed by atoms with E-state index < -0.39 is 0 Å². The Bertz CT molecular complexity index is 1130. The summed E-state index contributed by atoms with van der Waals surface area (Å²) in [7, 11) is 1.78. The third kappa shape index (κ3) is 5.05. The van der Waals surface area contributed by atoms with Crippen molar-refractivity contribution in [1.29, 1.82) is 10.8 Å². The molecule has 1 aliphatic heterocycles. The second-order valence-corrected chi connectivity index (χ2v) is 7.98. The standard InChI is InChI=1S/C25H32FN7/c1-5-21(27)20-9-15(12-30-4)23(28)18-8-7-17(26)11-19(18)14(3)33-22-10-16(13-32-25(22)29)24(20)31-6-2/h7-8,10-14,27-28,30-31,33H,5-6,9H2,1-4H3,(H2,29,32)/b15-12-,24-20-,27-21?,28-23?/t14-/m1/s1. The normalized spacial score (nSPS) is 19.7. The van der Waals surface area contributed by atoms with Gasteiger partial charge in [-0.3, -0.25) is 5.41 Å². The Labute approximate surface area is 194 Å². The van der Waals surface area contributed by atoms with Crippen molar-refractivity contribution in [2.45, 2.75) is 39.7 Å². The van der Waals surface area contributed by atoms with Crippen LogP contribution in [-0.4, -0.2) is 30.0 Å². The predicted molar refractivity (Wildman–Crippen MR) is 134 cm³/mol. The number of halogens is 1. The minimum atomic E-state index is -0.371. The first-order chi connectivity index (χ1) is 15.8. The third-order valence-electron chi connectivity index (χ3n) is 5.71. The second kappa shape index (κ2) is 10.3. The van der Waals surface area contributed by atoms with E-state index in [1.165, 1.54) is 12.1 Å². The van der Waals surface area contributed by atoms with Crippen LogP contribution in [0.25, 0.3) is 5.70 Å². The van der Waals surface area contributed by atoms with Gasteiger partial charge in [0.2, 0.25) is 0 Å². The Kier molecular flexibility index (Phi) is 7.48. The number of nitrogens with one attached hydrogen (secondary N) is 5. The minimum absolute atomic E-state index is 0.278. The molecule has 0 aliphatic carbocycles. The van der Waals surface area contributed by atoms with E-state index in [0.29, 0.717) is 53.3 Å². The fourth-order valence-corrected chi connectivity index (χ4v) is 4.03. The van der Waals surface area contributed by atoms with Crippen molar-refractivity contribution in [1.82, 2.24) is 15.6 Å². The van der Waals surface area contributed by atoms with E-state index >= 15 is 0 Å². The lowest BCUT2D eigenvalue weighted by molar-refractivity contribution is 0.623. The Hall–Kier alpha value is -3.68. The molecule has 0 spiro atoms. The van der Waals surface area contributed by atoms with Gasteiger partial charge in [-0.1, -0.05) is 6.92 Å². The largest absolute Gasteiger partial charge is 0.394 e. The summed E-state index contributed by atoms with van der Waals surface area (Å²) >= 11 is 0. The van der Waals surface area contributed by atoms with Gasteiger partial charge in [0.1, 0.15) is 11.6 Å². The number of fused-ring (bicyclic) bond motifs is 3. The van der Waals surface area contributed by atoms with Crippen LogP contribution >= 0.6 is 0 Å². The molecule has 33 heavy (non-hydrogen) atoms. The summed E-state index contributed by atoms with van der Waals surface area (Å²) in [5.41, 5.74) is 11.9. The summed E-state index contributed by atoms with van der Waals surface area (Å²) in [6.07, 6.45) is 4.36. The van der Waals surface area contributed by atoms with Gasteiger partial charge >= 0.3 is 0 Å². The molecule has 7 nitrogen and oxygen atoms in total. The molecule has 1 aromatic carbocycles. The van der Waals surface area contributed by atoms with E-state index in [2.05, 4.69) is 20.9 Å². The highest BCUT2D eigenvalue weighted by molar-refractivity contribution is 6.14. The summed E-state index contributed by atoms with van der Waals surface area (Å²) < 4.78 is 14.2. The molecule has 1 aliphatic rings. The zero-order valence-electron chi connectivity index (χ0n) is 19.6. The maximum atomic E-state index is 14.2. The second-order valence-electron chi connectivity index (χ2n) is 7.98. The van der Waals surface area contributed by atoms with Gasteiger partial charge in [-0.2, -0.15) is 0 Å². The molecule has 8 heteroatoms. The first kappa shape index (κ1) is 24.0. The summed E-state index contributed by atoms with van der Waals surface area (Å²) in [6, 6.07) is 6.04. The van der Waals surface area contributed by atoms with Gasteiger partial charge in [0, 0.05) is 66.6 Å². The molecule has 0 saturated carbocycles. The molecule has 0 saturated heterocycles. The van der Waals surface area contributed by atoms with Crippen LogP contribution in [-0.2, 0) is 0 Å². The van der Waals surface area contributed by atoms with Crippen LogP contribution in [0.2, 0.25) is 0 Å². The van der Waals surface area contributed by atoms with Gasteiger partial charge in [0.05, 0.1) is 11.4 Å². The average molecular weight is 450 g/mol. The molecule has 7 N–H and O–H groups in total. The van der Waals surface area contributed by atoms with Crippen LogP contribution in [0.1, 0.15) is 56.3 Å². The molecule has 0 radical (unpaired) electrons. The predicted octanol–water partition coefficient (Wildman–Crippen LogP) is 4.60. The maximum Gasteiger partial charge on any atom is 0.146 e. The third-order valence-corrected chi connectivity index (χ3v) is 5.71. The lowest BCUT2D eigenvalue weighted by atomic mass is 9.88. The summed E-state index contributed by atoms with van der Waals surface area (Å²) in [4.78, 5) is 4.39. The summed E-state index contributed by atoms with van der Waals surface area (Å²) in [5, 5.41) is 27.5. The molecule has 2 bridgehead atoms.